The van der Waals surface area contributed by atoms with Crippen molar-refractivity contribution in [1.29, 1.82) is 0 Å². The van der Waals surface area contributed by atoms with Gasteiger partial charge in [-0.2, -0.15) is 0 Å². The molecule has 1 aromatic carbocycles. The van der Waals surface area contributed by atoms with Crippen LogP contribution in [-0.4, -0.2) is 41.5 Å². The molecule has 7 heteroatoms. The lowest BCUT2D eigenvalue weighted by Crippen LogP contribution is -2.32. The van der Waals surface area contributed by atoms with Crippen molar-refractivity contribution in [2.45, 2.75) is 26.7 Å². The molecule has 0 aliphatic rings. The summed E-state index contributed by atoms with van der Waals surface area (Å²) in [5.74, 6) is 0.307. The number of ether oxygens (including phenoxy) is 1. The number of carbonyl (C=O) groups excluding carboxylic acids is 2. The third-order valence-electron chi connectivity index (χ3n) is 4.55. The highest BCUT2D eigenvalue weighted by atomic mass is 16.5. The fourth-order valence-corrected chi connectivity index (χ4v) is 2.87. The molecule has 0 fully saturated rings. The molecule has 0 saturated carbocycles. The number of amides is 2. The zero-order valence-electron chi connectivity index (χ0n) is 16.8. The standard InChI is InChI=1S/C21H27N3O4/c1-5-24(6-2)20(26)16-13-18(21(27)23(3)14-16)22-19(25)12-9-15-7-10-17(28-4)11-8-15/h7-8,10-11,13-14H,5-6,9,12H2,1-4H3,(H,22,25). The van der Waals surface area contributed by atoms with E-state index in [2.05, 4.69) is 5.32 Å². The van der Waals surface area contributed by atoms with Crippen LogP contribution >= 0.6 is 0 Å². The Labute approximate surface area is 164 Å². The number of aromatic nitrogens is 1. The van der Waals surface area contributed by atoms with Crippen molar-refractivity contribution in [3.05, 3.63) is 58.0 Å². The number of carbonyl (C=O) groups is 2. The van der Waals surface area contributed by atoms with Crippen LogP contribution in [0.2, 0.25) is 0 Å². The Balaban J connectivity index is 2.10. The molecule has 0 spiro atoms. The van der Waals surface area contributed by atoms with Gasteiger partial charge in [-0.1, -0.05) is 12.1 Å². The number of hydrogen-bond acceptors (Lipinski definition) is 4. The minimum absolute atomic E-state index is 0.111. The summed E-state index contributed by atoms with van der Waals surface area (Å²) >= 11 is 0. The van der Waals surface area contributed by atoms with Gasteiger partial charge in [0.1, 0.15) is 11.4 Å². The molecule has 0 atom stereocenters. The van der Waals surface area contributed by atoms with Crippen molar-refractivity contribution in [3.8, 4) is 5.75 Å². The first-order chi connectivity index (χ1) is 13.4. The highest BCUT2D eigenvalue weighted by Crippen LogP contribution is 2.13. The third kappa shape index (κ3) is 5.22. The molecule has 2 amide bonds. The van der Waals surface area contributed by atoms with Crippen LogP contribution in [0, 0.1) is 0 Å². The number of rotatable bonds is 8. The van der Waals surface area contributed by atoms with Crippen molar-refractivity contribution in [3.63, 3.8) is 0 Å². The quantitative estimate of drug-likeness (QED) is 0.757. The summed E-state index contributed by atoms with van der Waals surface area (Å²) in [4.78, 5) is 38.9. The first-order valence-electron chi connectivity index (χ1n) is 9.32. The summed E-state index contributed by atoms with van der Waals surface area (Å²) in [6, 6.07) is 8.92. The Kier molecular flexibility index (Phi) is 7.37. The molecule has 1 N–H and O–H groups in total. The summed E-state index contributed by atoms with van der Waals surface area (Å²) in [5.41, 5.74) is 1.12. The van der Waals surface area contributed by atoms with Gasteiger partial charge < -0.3 is 19.5 Å². The van der Waals surface area contributed by atoms with E-state index in [0.29, 0.717) is 25.1 Å². The van der Waals surface area contributed by atoms with Crippen LogP contribution < -0.4 is 15.6 Å². The maximum absolute atomic E-state index is 12.6. The minimum Gasteiger partial charge on any atom is -0.497 e. The van der Waals surface area contributed by atoms with E-state index in [-0.39, 0.29) is 29.5 Å². The second-order valence-corrected chi connectivity index (χ2v) is 6.43. The Morgan fingerprint density at radius 1 is 1.14 bits per heavy atom. The van der Waals surface area contributed by atoms with Crippen LogP contribution in [0.5, 0.6) is 5.75 Å². The van der Waals surface area contributed by atoms with Gasteiger partial charge in [-0.15, -0.1) is 0 Å². The fourth-order valence-electron chi connectivity index (χ4n) is 2.87. The molecule has 0 unspecified atom stereocenters. The Morgan fingerprint density at radius 3 is 2.36 bits per heavy atom. The summed E-state index contributed by atoms with van der Waals surface area (Å²) < 4.78 is 6.43. The lowest BCUT2D eigenvalue weighted by atomic mass is 10.1. The van der Waals surface area contributed by atoms with E-state index in [4.69, 9.17) is 4.74 Å². The van der Waals surface area contributed by atoms with Crippen LogP contribution in [0.25, 0.3) is 0 Å². The van der Waals surface area contributed by atoms with Gasteiger partial charge in [0.05, 0.1) is 12.7 Å². The van der Waals surface area contributed by atoms with E-state index in [1.54, 1.807) is 19.1 Å². The molecule has 150 valence electrons. The SMILES string of the molecule is CCN(CC)C(=O)c1cc(NC(=O)CCc2ccc(OC)cc2)c(=O)n(C)c1. The van der Waals surface area contributed by atoms with Gasteiger partial charge >= 0.3 is 0 Å². The number of aryl methyl sites for hydroxylation is 2. The normalized spacial score (nSPS) is 10.4. The highest BCUT2D eigenvalue weighted by molar-refractivity contribution is 5.96. The molecule has 0 aliphatic heterocycles. The monoisotopic (exact) mass is 385 g/mol. The molecule has 2 aromatic rings. The molecular weight excluding hydrogens is 358 g/mol. The molecule has 0 saturated heterocycles. The molecule has 0 radical (unpaired) electrons. The Hall–Kier alpha value is -3.09. The van der Waals surface area contributed by atoms with Crippen LogP contribution in [-0.2, 0) is 18.3 Å². The van der Waals surface area contributed by atoms with Gasteiger partial charge in [-0.3, -0.25) is 14.4 Å². The second-order valence-electron chi connectivity index (χ2n) is 6.43. The second kappa shape index (κ2) is 9.73. The summed E-state index contributed by atoms with van der Waals surface area (Å²) in [7, 11) is 3.16. The molecule has 28 heavy (non-hydrogen) atoms. The first-order valence-corrected chi connectivity index (χ1v) is 9.32. The van der Waals surface area contributed by atoms with E-state index in [1.807, 2.05) is 38.1 Å². The molecule has 7 nitrogen and oxygen atoms in total. The lowest BCUT2D eigenvalue weighted by Gasteiger charge is -2.19. The maximum atomic E-state index is 12.6. The van der Waals surface area contributed by atoms with Gasteiger partial charge in [0.2, 0.25) is 5.91 Å². The first kappa shape index (κ1) is 21.2. The van der Waals surface area contributed by atoms with Crippen LogP contribution in [0.1, 0.15) is 36.2 Å². The Bertz CT molecular complexity index is 884. The van der Waals surface area contributed by atoms with E-state index in [0.717, 1.165) is 11.3 Å². The van der Waals surface area contributed by atoms with Gasteiger partial charge in [0.15, 0.2) is 0 Å². The average Bonchev–Trinajstić information content (AvgIpc) is 2.70. The van der Waals surface area contributed by atoms with Gasteiger partial charge in [0.25, 0.3) is 11.5 Å². The summed E-state index contributed by atoms with van der Waals surface area (Å²) in [5, 5.41) is 2.65. The van der Waals surface area contributed by atoms with Crippen molar-refractivity contribution >= 4 is 17.5 Å². The number of pyridine rings is 1. The number of benzene rings is 1. The lowest BCUT2D eigenvalue weighted by molar-refractivity contribution is -0.116. The summed E-state index contributed by atoms with van der Waals surface area (Å²) in [6.07, 6.45) is 2.26. The topological polar surface area (TPSA) is 80.6 Å². The largest absolute Gasteiger partial charge is 0.497 e. The predicted octanol–water partition coefficient (Wildman–Crippen LogP) is 2.45. The fraction of sp³-hybridized carbons (Fsp3) is 0.381. The zero-order valence-corrected chi connectivity index (χ0v) is 16.8. The van der Waals surface area contributed by atoms with Crippen LogP contribution in [0.3, 0.4) is 0 Å². The van der Waals surface area contributed by atoms with E-state index in [9.17, 15) is 14.4 Å². The van der Waals surface area contributed by atoms with Crippen LogP contribution in [0.15, 0.2) is 41.3 Å². The number of hydrogen-bond donors (Lipinski definition) is 1. The highest BCUT2D eigenvalue weighted by Gasteiger charge is 2.16. The van der Waals surface area contributed by atoms with Crippen molar-refractivity contribution in [2.24, 2.45) is 7.05 Å². The van der Waals surface area contributed by atoms with E-state index >= 15 is 0 Å². The Morgan fingerprint density at radius 2 is 1.79 bits per heavy atom. The van der Waals surface area contributed by atoms with Gasteiger partial charge in [0, 0.05) is 32.8 Å². The van der Waals surface area contributed by atoms with Gasteiger partial charge in [-0.25, -0.2) is 0 Å². The number of methoxy groups -OCH3 is 1. The van der Waals surface area contributed by atoms with Crippen LogP contribution in [0.4, 0.5) is 5.69 Å². The summed E-state index contributed by atoms with van der Waals surface area (Å²) in [6.45, 7) is 4.93. The van der Waals surface area contributed by atoms with Crippen molar-refractivity contribution in [1.82, 2.24) is 9.47 Å². The molecule has 0 aliphatic carbocycles. The van der Waals surface area contributed by atoms with E-state index < -0.39 is 0 Å². The average molecular weight is 385 g/mol. The van der Waals surface area contributed by atoms with Gasteiger partial charge in [-0.05, 0) is 44.0 Å². The van der Waals surface area contributed by atoms with Crippen molar-refractivity contribution in [2.75, 3.05) is 25.5 Å². The molecule has 2 rings (SSSR count). The molecule has 1 aromatic heterocycles. The maximum Gasteiger partial charge on any atom is 0.274 e. The molecular formula is C21H27N3O4. The minimum atomic E-state index is -0.353. The zero-order chi connectivity index (χ0) is 20.7. The number of anilines is 1. The molecule has 1 heterocycles. The third-order valence-corrected chi connectivity index (χ3v) is 4.55. The number of nitrogens with zero attached hydrogens (tertiary/aromatic N) is 2. The predicted molar refractivity (Wildman–Crippen MR) is 109 cm³/mol. The van der Waals surface area contributed by atoms with E-state index in [1.165, 1.54) is 16.8 Å². The number of nitrogens with one attached hydrogen (secondary N) is 1. The smallest absolute Gasteiger partial charge is 0.274 e. The van der Waals surface area contributed by atoms with Crippen molar-refractivity contribution < 1.29 is 14.3 Å². The molecule has 0 bridgehead atoms.